The van der Waals surface area contributed by atoms with Crippen LogP contribution in [-0.2, 0) is 6.54 Å². The second-order valence-corrected chi connectivity index (χ2v) is 5.41. The molecule has 20 heavy (non-hydrogen) atoms. The van der Waals surface area contributed by atoms with Gasteiger partial charge in [-0.2, -0.15) is 0 Å². The first-order valence-electron chi connectivity index (χ1n) is 7.06. The number of nitrogens with one attached hydrogen (secondary N) is 1. The number of anilines is 1. The molecule has 6 nitrogen and oxygen atoms in total. The molecular weight excluding hydrogens is 256 g/mol. The molecule has 1 aliphatic heterocycles. The smallest absolute Gasteiger partial charge is 0.293 e. The zero-order chi connectivity index (χ0) is 14.7. The van der Waals surface area contributed by atoms with Crippen LogP contribution in [0.5, 0.6) is 0 Å². The number of benzene rings is 1. The predicted octanol–water partition coefficient (Wildman–Crippen LogP) is 2.64. The van der Waals surface area contributed by atoms with E-state index in [0.29, 0.717) is 17.8 Å². The van der Waals surface area contributed by atoms with Gasteiger partial charge in [0.25, 0.3) is 5.69 Å². The summed E-state index contributed by atoms with van der Waals surface area (Å²) in [5.41, 5.74) is 3.85. The SMILES string of the molecule is CCC1CCC(C)N1Cc1ccc([N+](=O)[O-])c(NN)c1. The Bertz CT molecular complexity index is 492. The minimum atomic E-state index is -0.424. The van der Waals surface area contributed by atoms with Crippen LogP contribution in [0.1, 0.15) is 38.7 Å². The summed E-state index contributed by atoms with van der Waals surface area (Å²) in [5, 5.41) is 10.9. The Morgan fingerprint density at radius 2 is 2.25 bits per heavy atom. The van der Waals surface area contributed by atoms with E-state index in [9.17, 15) is 10.1 Å². The topological polar surface area (TPSA) is 84.4 Å². The fourth-order valence-electron chi connectivity index (χ4n) is 3.02. The lowest BCUT2D eigenvalue weighted by molar-refractivity contribution is -0.384. The Balaban J connectivity index is 2.19. The van der Waals surface area contributed by atoms with Crippen LogP contribution < -0.4 is 11.3 Å². The van der Waals surface area contributed by atoms with Crippen molar-refractivity contribution in [3.05, 3.63) is 33.9 Å². The molecule has 0 saturated carbocycles. The van der Waals surface area contributed by atoms with Crippen LogP contribution in [0.3, 0.4) is 0 Å². The highest BCUT2D eigenvalue weighted by Crippen LogP contribution is 2.30. The molecule has 2 atom stereocenters. The number of nitrogens with two attached hydrogens (primary N) is 1. The van der Waals surface area contributed by atoms with Crippen molar-refractivity contribution in [1.82, 2.24) is 4.90 Å². The Kier molecular flexibility index (Phi) is 4.57. The molecule has 1 fully saturated rings. The van der Waals surface area contributed by atoms with Gasteiger partial charge in [0.1, 0.15) is 5.69 Å². The van der Waals surface area contributed by atoms with Gasteiger partial charge in [-0.05, 0) is 37.8 Å². The number of rotatable bonds is 5. The lowest BCUT2D eigenvalue weighted by Crippen LogP contribution is -2.33. The quantitative estimate of drug-likeness (QED) is 0.491. The molecule has 2 unspecified atom stereocenters. The Morgan fingerprint density at radius 1 is 1.50 bits per heavy atom. The van der Waals surface area contributed by atoms with Crippen LogP contribution in [0.4, 0.5) is 11.4 Å². The number of nitro groups is 1. The van der Waals surface area contributed by atoms with Crippen molar-refractivity contribution < 1.29 is 4.92 Å². The Morgan fingerprint density at radius 3 is 2.85 bits per heavy atom. The highest BCUT2D eigenvalue weighted by atomic mass is 16.6. The highest BCUT2D eigenvalue weighted by molar-refractivity contribution is 5.62. The molecule has 3 N–H and O–H groups in total. The van der Waals surface area contributed by atoms with Gasteiger partial charge in [0.05, 0.1) is 4.92 Å². The Hall–Kier alpha value is -1.66. The van der Waals surface area contributed by atoms with E-state index in [-0.39, 0.29) is 5.69 Å². The van der Waals surface area contributed by atoms with E-state index >= 15 is 0 Å². The standard InChI is InChI=1S/C14H22N4O2/c1-3-12-6-4-10(2)17(12)9-11-5-7-14(18(19)20)13(8-11)16-15/h5,7-8,10,12,16H,3-4,6,9,15H2,1-2H3. The van der Waals surface area contributed by atoms with Crippen molar-refractivity contribution in [1.29, 1.82) is 0 Å². The van der Waals surface area contributed by atoms with E-state index < -0.39 is 4.92 Å². The van der Waals surface area contributed by atoms with Crippen LogP contribution in [0.25, 0.3) is 0 Å². The summed E-state index contributed by atoms with van der Waals surface area (Å²) in [6.45, 7) is 5.26. The molecule has 6 heteroatoms. The summed E-state index contributed by atoms with van der Waals surface area (Å²) < 4.78 is 0. The van der Waals surface area contributed by atoms with E-state index in [0.717, 1.165) is 18.5 Å². The average Bonchev–Trinajstić information content (AvgIpc) is 2.79. The van der Waals surface area contributed by atoms with Crippen LogP contribution in [-0.4, -0.2) is 21.9 Å². The number of hydrogen-bond acceptors (Lipinski definition) is 5. The zero-order valence-electron chi connectivity index (χ0n) is 12.0. The van der Waals surface area contributed by atoms with Crippen molar-refractivity contribution in [2.75, 3.05) is 5.43 Å². The highest BCUT2D eigenvalue weighted by Gasteiger charge is 2.29. The third kappa shape index (κ3) is 2.91. The maximum Gasteiger partial charge on any atom is 0.293 e. The summed E-state index contributed by atoms with van der Waals surface area (Å²) >= 11 is 0. The van der Waals surface area contributed by atoms with E-state index in [1.54, 1.807) is 6.07 Å². The fraction of sp³-hybridized carbons (Fsp3) is 0.571. The monoisotopic (exact) mass is 278 g/mol. The van der Waals surface area contributed by atoms with Gasteiger partial charge >= 0.3 is 0 Å². The van der Waals surface area contributed by atoms with Gasteiger partial charge in [0.15, 0.2) is 0 Å². The summed E-state index contributed by atoms with van der Waals surface area (Å²) in [4.78, 5) is 12.9. The fourth-order valence-corrected chi connectivity index (χ4v) is 3.02. The number of nitrogen functional groups attached to an aromatic ring is 1. The molecule has 0 spiro atoms. The van der Waals surface area contributed by atoms with Crippen LogP contribution >= 0.6 is 0 Å². The van der Waals surface area contributed by atoms with E-state index in [1.165, 1.54) is 18.9 Å². The molecule has 2 rings (SSSR count). The van der Waals surface area contributed by atoms with Gasteiger partial charge < -0.3 is 5.43 Å². The van der Waals surface area contributed by atoms with Crippen LogP contribution in [0, 0.1) is 10.1 Å². The summed E-state index contributed by atoms with van der Waals surface area (Å²) in [5.74, 6) is 5.38. The van der Waals surface area contributed by atoms with Gasteiger partial charge in [-0.15, -0.1) is 0 Å². The van der Waals surface area contributed by atoms with Crippen molar-refractivity contribution in [2.24, 2.45) is 5.84 Å². The summed E-state index contributed by atoms with van der Waals surface area (Å²) in [6, 6.07) is 6.28. The third-order valence-corrected chi connectivity index (χ3v) is 4.20. The number of hydrazine groups is 1. The van der Waals surface area contributed by atoms with Crippen molar-refractivity contribution in [3.63, 3.8) is 0 Å². The largest absolute Gasteiger partial charge is 0.318 e. The minimum absolute atomic E-state index is 0.0118. The molecule has 1 aliphatic rings. The summed E-state index contributed by atoms with van der Waals surface area (Å²) in [7, 11) is 0. The first-order valence-corrected chi connectivity index (χ1v) is 7.06. The number of nitro benzene ring substituents is 1. The maximum absolute atomic E-state index is 10.9. The molecule has 1 aromatic carbocycles. The van der Waals surface area contributed by atoms with Gasteiger partial charge in [-0.1, -0.05) is 13.0 Å². The third-order valence-electron chi connectivity index (χ3n) is 4.20. The second-order valence-electron chi connectivity index (χ2n) is 5.41. The van der Waals surface area contributed by atoms with Crippen molar-refractivity contribution in [3.8, 4) is 0 Å². The Labute approximate surface area is 119 Å². The van der Waals surface area contributed by atoms with E-state index in [2.05, 4.69) is 24.2 Å². The number of nitrogens with zero attached hydrogens (tertiary/aromatic N) is 2. The molecule has 1 aromatic rings. The maximum atomic E-state index is 10.9. The molecule has 0 amide bonds. The van der Waals surface area contributed by atoms with Gasteiger partial charge in [-0.25, -0.2) is 0 Å². The van der Waals surface area contributed by atoms with E-state index in [4.69, 9.17) is 5.84 Å². The molecule has 0 aliphatic carbocycles. The summed E-state index contributed by atoms with van der Waals surface area (Å²) in [6.07, 6.45) is 3.58. The number of likely N-dealkylation sites (tertiary alicyclic amines) is 1. The normalized spacial score (nSPS) is 22.9. The number of hydrogen-bond donors (Lipinski definition) is 2. The molecule has 0 bridgehead atoms. The van der Waals surface area contributed by atoms with Crippen molar-refractivity contribution >= 4 is 11.4 Å². The van der Waals surface area contributed by atoms with Crippen LogP contribution in [0.2, 0.25) is 0 Å². The average molecular weight is 278 g/mol. The first-order chi connectivity index (χ1) is 9.56. The van der Waals surface area contributed by atoms with Gasteiger partial charge in [0.2, 0.25) is 0 Å². The van der Waals surface area contributed by atoms with Crippen molar-refractivity contribution in [2.45, 2.75) is 51.7 Å². The first kappa shape index (κ1) is 14.7. The second kappa shape index (κ2) is 6.19. The van der Waals surface area contributed by atoms with E-state index in [1.807, 2.05) is 6.07 Å². The molecule has 0 radical (unpaired) electrons. The minimum Gasteiger partial charge on any atom is -0.318 e. The van der Waals surface area contributed by atoms with Gasteiger partial charge in [0, 0.05) is 24.7 Å². The van der Waals surface area contributed by atoms with Crippen LogP contribution in [0.15, 0.2) is 18.2 Å². The lowest BCUT2D eigenvalue weighted by atomic mass is 10.1. The molecular formula is C14H22N4O2. The zero-order valence-corrected chi connectivity index (χ0v) is 12.0. The molecule has 0 aromatic heterocycles. The molecule has 110 valence electrons. The lowest BCUT2D eigenvalue weighted by Gasteiger charge is -2.27. The molecule has 1 heterocycles. The predicted molar refractivity (Wildman–Crippen MR) is 79.2 cm³/mol. The molecule has 1 saturated heterocycles. The van der Waals surface area contributed by atoms with Gasteiger partial charge in [-0.3, -0.25) is 20.9 Å².